The highest BCUT2D eigenvalue weighted by Crippen LogP contribution is 2.30. The quantitative estimate of drug-likeness (QED) is 0.901. The van der Waals surface area contributed by atoms with Crippen LogP contribution in [0.1, 0.15) is 18.7 Å². The topological polar surface area (TPSA) is 54.0 Å². The molecule has 4 nitrogen and oxygen atoms in total. The van der Waals surface area contributed by atoms with Crippen molar-refractivity contribution in [3.05, 3.63) is 29.1 Å². The Morgan fingerprint density at radius 2 is 1.90 bits per heavy atom. The van der Waals surface area contributed by atoms with Gasteiger partial charge in [-0.1, -0.05) is 26.0 Å². The number of aromatic nitrogens is 1. The first-order chi connectivity index (χ1) is 9.51. The molecule has 0 bridgehead atoms. The van der Waals surface area contributed by atoms with E-state index in [0.29, 0.717) is 0 Å². The van der Waals surface area contributed by atoms with Crippen molar-refractivity contribution in [1.29, 1.82) is 0 Å². The number of thiazole rings is 1. The molecule has 2 N–H and O–H groups in total. The van der Waals surface area contributed by atoms with Crippen LogP contribution in [-0.4, -0.2) is 17.9 Å². The Labute approximate surface area is 123 Å². The first-order valence-electron chi connectivity index (χ1n) is 6.57. The Kier molecular flexibility index (Phi) is 4.39. The largest absolute Gasteiger partial charge is 0.365 e. The van der Waals surface area contributed by atoms with Gasteiger partial charge in [0, 0.05) is 29.1 Å². The lowest BCUT2D eigenvalue weighted by molar-refractivity contribution is -0.118. The Hall–Kier alpha value is -1.88. The van der Waals surface area contributed by atoms with Crippen LogP contribution in [-0.2, 0) is 4.79 Å². The van der Waals surface area contributed by atoms with E-state index in [9.17, 15) is 4.79 Å². The van der Waals surface area contributed by atoms with Gasteiger partial charge in [-0.05, 0) is 19.1 Å². The summed E-state index contributed by atoms with van der Waals surface area (Å²) in [7, 11) is 1.87. The van der Waals surface area contributed by atoms with Crippen molar-refractivity contribution in [2.45, 2.75) is 20.8 Å². The molecule has 1 aromatic heterocycles. The number of carbonyl (C=O) groups is 1. The Balaban J connectivity index is 2.19. The number of amides is 1. The van der Waals surface area contributed by atoms with Crippen LogP contribution in [0, 0.1) is 12.8 Å². The fourth-order valence-corrected chi connectivity index (χ4v) is 2.56. The minimum atomic E-state index is -0.0198. The molecular formula is C15H19N3OS. The fraction of sp³-hybridized carbons (Fsp3) is 0.333. The maximum atomic E-state index is 11.6. The molecule has 2 rings (SSSR count). The molecular weight excluding hydrogens is 270 g/mol. The lowest BCUT2D eigenvalue weighted by Gasteiger charge is -2.08. The molecule has 106 valence electrons. The standard InChI is InChI=1S/C15H19N3OS/c1-9(2)14(19)17-12-7-5-11(6-8-12)13-10(3)20-15(16-4)18-13/h5-9H,1-4H3,(H,16,18)(H,17,19). The average Bonchev–Trinajstić information content (AvgIpc) is 2.81. The van der Waals surface area contributed by atoms with E-state index in [1.165, 1.54) is 4.88 Å². The van der Waals surface area contributed by atoms with Crippen LogP contribution >= 0.6 is 11.3 Å². The number of carbonyl (C=O) groups excluding carboxylic acids is 1. The van der Waals surface area contributed by atoms with Crippen molar-refractivity contribution in [1.82, 2.24) is 4.98 Å². The van der Waals surface area contributed by atoms with Gasteiger partial charge in [0.2, 0.25) is 5.91 Å². The zero-order valence-corrected chi connectivity index (χ0v) is 13.0. The lowest BCUT2D eigenvalue weighted by Crippen LogP contribution is -2.17. The number of benzene rings is 1. The molecule has 0 aliphatic carbocycles. The van der Waals surface area contributed by atoms with Crippen LogP contribution in [0.5, 0.6) is 0 Å². The molecule has 1 heterocycles. The van der Waals surface area contributed by atoms with Crippen LogP contribution in [0.3, 0.4) is 0 Å². The lowest BCUT2D eigenvalue weighted by atomic mass is 10.1. The highest BCUT2D eigenvalue weighted by molar-refractivity contribution is 7.15. The Morgan fingerprint density at radius 1 is 1.25 bits per heavy atom. The van der Waals surface area contributed by atoms with E-state index in [4.69, 9.17) is 0 Å². The van der Waals surface area contributed by atoms with E-state index in [2.05, 4.69) is 22.5 Å². The van der Waals surface area contributed by atoms with E-state index in [-0.39, 0.29) is 11.8 Å². The molecule has 1 amide bonds. The minimum absolute atomic E-state index is 0.0198. The highest BCUT2D eigenvalue weighted by Gasteiger charge is 2.10. The number of hydrogen-bond acceptors (Lipinski definition) is 4. The van der Waals surface area contributed by atoms with Crippen LogP contribution in [0.4, 0.5) is 10.8 Å². The van der Waals surface area contributed by atoms with Crippen LogP contribution in [0.2, 0.25) is 0 Å². The summed E-state index contributed by atoms with van der Waals surface area (Å²) < 4.78 is 0. The summed E-state index contributed by atoms with van der Waals surface area (Å²) in [5, 5.41) is 6.85. The monoisotopic (exact) mass is 289 g/mol. The van der Waals surface area contributed by atoms with Gasteiger partial charge in [-0.2, -0.15) is 0 Å². The normalized spacial score (nSPS) is 10.7. The zero-order valence-electron chi connectivity index (χ0n) is 12.2. The predicted octanol–water partition coefficient (Wildman–Crippen LogP) is 3.75. The van der Waals surface area contributed by atoms with Crippen LogP contribution in [0.25, 0.3) is 11.3 Å². The first-order valence-corrected chi connectivity index (χ1v) is 7.39. The third-order valence-electron chi connectivity index (χ3n) is 2.96. The molecule has 0 aliphatic rings. The summed E-state index contributed by atoms with van der Waals surface area (Å²) in [6, 6.07) is 7.79. The maximum Gasteiger partial charge on any atom is 0.226 e. The van der Waals surface area contributed by atoms with Crippen molar-refractivity contribution >= 4 is 28.1 Å². The zero-order chi connectivity index (χ0) is 14.7. The van der Waals surface area contributed by atoms with Crippen molar-refractivity contribution < 1.29 is 4.79 Å². The van der Waals surface area contributed by atoms with Crippen LogP contribution in [0.15, 0.2) is 24.3 Å². The van der Waals surface area contributed by atoms with E-state index in [0.717, 1.165) is 22.1 Å². The highest BCUT2D eigenvalue weighted by atomic mass is 32.1. The summed E-state index contributed by atoms with van der Waals surface area (Å²) in [6.07, 6.45) is 0. The molecule has 0 aliphatic heterocycles. The van der Waals surface area contributed by atoms with Gasteiger partial charge in [0.15, 0.2) is 5.13 Å². The SMILES string of the molecule is CNc1nc(-c2ccc(NC(=O)C(C)C)cc2)c(C)s1. The van der Waals surface area contributed by atoms with Gasteiger partial charge >= 0.3 is 0 Å². The number of anilines is 2. The molecule has 0 saturated heterocycles. The number of nitrogens with one attached hydrogen (secondary N) is 2. The Morgan fingerprint density at radius 3 is 2.40 bits per heavy atom. The van der Waals surface area contributed by atoms with Crippen molar-refractivity contribution in [2.75, 3.05) is 17.7 Å². The number of aryl methyl sites for hydroxylation is 1. The number of hydrogen-bond donors (Lipinski definition) is 2. The molecule has 0 radical (unpaired) electrons. The Bertz CT molecular complexity index is 602. The van der Waals surface area contributed by atoms with E-state index < -0.39 is 0 Å². The molecule has 20 heavy (non-hydrogen) atoms. The van der Waals surface area contributed by atoms with Gasteiger partial charge < -0.3 is 10.6 Å². The second kappa shape index (κ2) is 6.05. The smallest absolute Gasteiger partial charge is 0.226 e. The predicted molar refractivity (Wildman–Crippen MR) is 85.3 cm³/mol. The van der Waals surface area contributed by atoms with Gasteiger partial charge in [0.05, 0.1) is 5.69 Å². The first kappa shape index (κ1) is 14.5. The minimum Gasteiger partial charge on any atom is -0.365 e. The third-order valence-corrected chi connectivity index (χ3v) is 3.95. The molecule has 0 atom stereocenters. The molecule has 2 aromatic rings. The second-order valence-corrected chi connectivity index (χ2v) is 6.10. The van der Waals surface area contributed by atoms with E-state index in [1.54, 1.807) is 11.3 Å². The van der Waals surface area contributed by atoms with Gasteiger partial charge in [0.1, 0.15) is 0 Å². The van der Waals surface area contributed by atoms with Gasteiger partial charge in [-0.25, -0.2) is 4.98 Å². The second-order valence-electron chi connectivity index (χ2n) is 4.90. The molecule has 5 heteroatoms. The number of rotatable bonds is 4. The molecule has 0 saturated carbocycles. The van der Waals surface area contributed by atoms with Gasteiger partial charge in [0.25, 0.3) is 0 Å². The van der Waals surface area contributed by atoms with Crippen LogP contribution < -0.4 is 10.6 Å². The summed E-state index contributed by atoms with van der Waals surface area (Å²) >= 11 is 1.64. The number of nitrogens with zero attached hydrogens (tertiary/aromatic N) is 1. The molecule has 0 spiro atoms. The molecule has 1 aromatic carbocycles. The summed E-state index contributed by atoms with van der Waals surface area (Å²) in [5.41, 5.74) is 2.86. The third kappa shape index (κ3) is 3.17. The van der Waals surface area contributed by atoms with E-state index in [1.807, 2.05) is 45.2 Å². The molecule has 0 unspecified atom stereocenters. The van der Waals surface area contributed by atoms with Gasteiger partial charge in [-0.3, -0.25) is 4.79 Å². The molecule has 0 fully saturated rings. The van der Waals surface area contributed by atoms with Gasteiger partial charge in [-0.15, -0.1) is 11.3 Å². The fourth-order valence-electron chi connectivity index (χ4n) is 1.77. The average molecular weight is 289 g/mol. The summed E-state index contributed by atoms with van der Waals surface area (Å²) in [6.45, 7) is 5.81. The van der Waals surface area contributed by atoms with Crippen molar-refractivity contribution in [3.63, 3.8) is 0 Å². The maximum absolute atomic E-state index is 11.6. The summed E-state index contributed by atoms with van der Waals surface area (Å²) in [5.74, 6) is 0.00806. The van der Waals surface area contributed by atoms with E-state index >= 15 is 0 Å². The summed E-state index contributed by atoms with van der Waals surface area (Å²) in [4.78, 5) is 17.3. The van der Waals surface area contributed by atoms with Crippen molar-refractivity contribution in [3.8, 4) is 11.3 Å². The van der Waals surface area contributed by atoms with Crippen molar-refractivity contribution in [2.24, 2.45) is 5.92 Å².